The Labute approximate surface area is 178 Å². The number of amides is 3. The zero-order valence-corrected chi connectivity index (χ0v) is 17.4. The lowest BCUT2D eigenvalue weighted by atomic mass is 10.1. The fourth-order valence-corrected chi connectivity index (χ4v) is 3.91. The molecule has 1 N–H and O–H groups in total. The topological polar surface area (TPSA) is 66.5 Å². The first kappa shape index (κ1) is 21.2. The number of benzene rings is 2. The van der Waals surface area contributed by atoms with Crippen LogP contribution in [0.25, 0.3) is 6.08 Å². The highest BCUT2D eigenvalue weighted by Gasteiger charge is 2.34. The zero-order valence-electron chi connectivity index (χ0n) is 15.0. The van der Waals surface area contributed by atoms with Gasteiger partial charge in [0.25, 0.3) is 11.1 Å². The number of nitrogens with one attached hydrogen (secondary N) is 1. The van der Waals surface area contributed by atoms with Crippen LogP contribution >= 0.6 is 27.7 Å². The maximum Gasteiger partial charge on any atom is 0.293 e. The Bertz CT molecular complexity index is 1010. The summed E-state index contributed by atoms with van der Waals surface area (Å²) in [4.78, 5) is 37.6. The van der Waals surface area contributed by atoms with Crippen LogP contribution < -0.4 is 5.32 Å². The number of nitrogens with zero attached hydrogens (tertiary/aromatic N) is 1. The molecule has 1 heterocycles. The smallest absolute Gasteiger partial charge is 0.293 e. The average molecular weight is 481 g/mol. The molecular formula is C20H15BrF2N2O3S. The number of hydrogen-bond donors (Lipinski definition) is 1. The molecule has 0 bridgehead atoms. The van der Waals surface area contributed by atoms with E-state index in [0.717, 1.165) is 16.7 Å². The monoisotopic (exact) mass is 480 g/mol. The van der Waals surface area contributed by atoms with Gasteiger partial charge in [-0.15, -0.1) is 0 Å². The third kappa shape index (κ3) is 5.30. The van der Waals surface area contributed by atoms with Gasteiger partial charge in [0.2, 0.25) is 5.91 Å². The number of hydrogen-bond acceptors (Lipinski definition) is 4. The number of halogens is 3. The summed E-state index contributed by atoms with van der Waals surface area (Å²) < 4.78 is 27.2. The molecule has 3 amide bonds. The second kappa shape index (κ2) is 9.32. The predicted molar refractivity (Wildman–Crippen MR) is 110 cm³/mol. The van der Waals surface area contributed by atoms with Crippen molar-refractivity contribution in [3.63, 3.8) is 0 Å². The van der Waals surface area contributed by atoms with E-state index in [1.807, 2.05) is 0 Å². The summed E-state index contributed by atoms with van der Waals surface area (Å²) in [6.07, 6.45) is 1.37. The van der Waals surface area contributed by atoms with Crippen LogP contribution in [-0.4, -0.2) is 35.0 Å². The van der Waals surface area contributed by atoms with Gasteiger partial charge in [0.15, 0.2) is 0 Å². The minimum atomic E-state index is -0.528. The minimum absolute atomic E-state index is 0.00185. The third-order valence-electron chi connectivity index (χ3n) is 4.07. The Morgan fingerprint density at radius 1 is 1.14 bits per heavy atom. The summed E-state index contributed by atoms with van der Waals surface area (Å²) in [5, 5.41) is 2.15. The van der Waals surface area contributed by atoms with Crippen LogP contribution in [0, 0.1) is 11.6 Å². The van der Waals surface area contributed by atoms with E-state index in [4.69, 9.17) is 0 Å². The van der Waals surface area contributed by atoms with E-state index in [1.54, 1.807) is 6.07 Å². The lowest BCUT2D eigenvalue weighted by Gasteiger charge is -2.13. The molecule has 1 aliphatic heterocycles. The Balaban J connectivity index is 1.54. The number of thioether (sulfide) groups is 1. The highest BCUT2D eigenvalue weighted by molar-refractivity contribution is 9.10. The van der Waals surface area contributed by atoms with Crippen molar-refractivity contribution in [3.05, 3.63) is 74.6 Å². The molecule has 0 saturated carbocycles. The Hall–Kier alpha value is -2.52. The molecule has 0 atom stereocenters. The summed E-state index contributed by atoms with van der Waals surface area (Å²) >= 11 is 3.79. The first-order valence-electron chi connectivity index (χ1n) is 8.55. The van der Waals surface area contributed by atoms with Gasteiger partial charge in [0.1, 0.15) is 11.6 Å². The van der Waals surface area contributed by atoms with E-state index in [0.29, 0.717) is 5.56 Å². The van der Waals surface area contributed by atoms with Crippen LogP contribution in [0.4, 0.5) is 13.6 Å². The summed E-state index contributed by atoms with van der Waals surface area (Å²) in [6, 6.07) is 10.2. The summed E-state index contributed by atoms with van der Waals surface area (Å²) in [6.45, 7) is 0.0738. The Kier molecular flexibility index (Phi) is 6.81. The SMILES string of the molecule is O=C(Cc1ccc(F)c(Br)c1)NCCN1C(=O)S/C(=C\c2ccccc2F)C1=O. The maximum absolute atomic E-state index is 13.7. The van der Waals surface area contributed by atoms with E-state index in [2.05, 4.69) is 21.2 Å². The summed E-state index contributed by atoms with van der Waals surface area (Å²) in [7, 11) is 0. The fraction of sp³-hybridized carbons (Fsp3) is 0.150. The van der Waals surface area contributed by atoms with E-state index < -0.39 is 22.8 Å². The lowest BCUT2D eigenvalue weighted by molar-refractivity contribution is -0.124. The van der Waals surface area contributed by atoms with E-state index in [9.17, 15) is 23.2 Å². The number of carbonyl (C=O) groups excluding carboxylic acids is 3. The van der Waals surface area contributed by atoms with Crippen LogP contribution in [0.5, 0.6) is 0 Å². The van der Waals surface area contributed by atoms with Gasteiger partial charge in [-0.05, 0) is 57.5 Å². The summed E-state index contributed by atoms with van der Waals surface area (Å²) in [5.74, 6) is -1.76. The zero-order chi connectivity index (χ0) is 21.0. The molecule has 2 aromatic carbocycles. The van der Waals surface area contributed by atoms with Crippen LogP contribution in [-0.2, 0) is 16.0 Å². The van der Waals surface area contributed by atoms with Crippen molar-refractivity contribution >= 4 is 50.8 Å². The molecule has 0 unspecified atom stereocenters. The van der Waals surface area contributed by atoms with Crippen LogP contribution in [0.1, 0.15) is 11.1 Å². The van der Waals surface area contributed by atoms with Crippen LogP contribution in [0.15, 0.2) is 51.8 Å². The fourth-order valence-electron chi connectivity index (χ4n) is 2.63. The third-order valence-corrected chi connectivity index (χ3v) is 5.59. The molecule has 2 aromatic rings. The molecule has 0 spiro atoms. The summed E-state index contributed by atoms with van der Waals surface area (Å²) in [5.41, 5.74) is 0.839. The Morgan fingerprint density at radius 3 is 2.62 bits per heavy atom. The molecule has 150 valence electrons. The van der Waals surface area contributed by atoms with Gasteiger partial charge in [0.05, 0.1) is 15.8 Å². The van der Waals surface area contributed by atoms with Crippen molar-refractivity contribution in [2.24, 2.45) is 0 Å². The number of rotatable bonds is 6. The molecule has 0 aliphatic carbocycles. The van der Waals surface area contributed by atoms with Gasteiger partial charge < -0.3 is 5.32 Å². The van der Waals surface area contributed by atoms with Crippen molar-refractivity contribution in [3.8, 4) is 0 Å². The Morgan fingerprint density at radius 2 is 1.90 bits per heavy atom. The standard InChI is InChI=1S/C20H15BrF2N2O3S/c21-14-9-12(5-6-16(14)23)10-18(26)24-7-8-25-19(27)17(29-20(25)28)11-13-3-1-2-4-15(13)22/h1-6,9,11H,7-8,10H2,(H,24,26)/b17-11-. The van der Waals surface area contributed by atoms with Crippen molar-refractivity contribution in [1.82, 2.24) is 10.2 Å². The van der Waals surface area contributed by atoms with Gasteiger partial charge in [-0.3, -0.25) is 19.3 Å². The first-order valence-corrected chi connectivity index (χ1v) is 10.2. The van der Waals surface area contributed by atoms with Gasteiger partial charge in [-0.2, -0.15) is 0 Å². The molecule has 1 saturated heterocycles. The van der Waals surface area contributed by atoms with Crippen molar-refractivity contribution in [2.45, 2.75) is 6.42 Å². The quantitative estimate of drug-likeness (QED) is 0.631. The van der Waals surface area contributed by atoms with Crippen molar-refractivity contribution < 1.29 is 23.2 Å². The first-order chi connectivity index (χ1) is 13.8. The predicted octanol–water partition coefficient (Wildman–Crippen LogP) is 4.12. The van der Waals surface area contributed by atoms with Gasteiger partial charge in [-0.1, -0.05) is 24.3 Å². The second-order valence-electron chi connectivity index (χ2n) is 6.13. The molecule has 3 rings (SSSR count). The van der Waals surface area contributed by atoms with Gasteiger partial charge in [-0.25, -0.2) is 8.78 Å². The van der Waals surface area contributed by atoms with Gasteiger partial charge >= 0.3 is 0 Å². The average Bonchev–Trinajstić information content (AvgIpc) is 2.94. The largest absolute Gasteiger partial charge is 0.354 e. The van der Waals surface area contributed by atoms with E-state index in [1.165, 1.54) is 42.5 Å². The molecule has 29 heavy (non-hydrogen) atoms. The molecule has 5 nitrogen and oxygen atoms in total. The van der Waals surface area contributed by atoms with E-state index in [-0.39, 0.29) is 40.4 Å². The normalized spacial score (nSPS) is 15.3. The lowest BCUT2D eigenvalue weighted by Crippen LogP contribution is -2.37. The minimum Gasteiger partial charge on any atom is -0.354 e. The molecule has 9 heteroatoms. The van der Waals surface area contributed by atoms with Crippen molar-refractivity contribution in [2.75, 3.05) is 13.1 Å². The highest BCUT2D eigenvalue weighted by Crippen LogP contribution is 2.32. The molecule has 0 aromatic heterocycles. The van der Waals surface area contributed by atoms with E-state index >= 15 is 0 Å². The van der Waals surface area contributed by atoms with Gasteiger partial charge in [0, 0.05) is 18.7 Å². The number of carbonyl (C=O) groups is 3. The number of imide groups is 1. The van der Waals surface area contributed by atoms with Crippen molar-refractivity contribution in [1.29, 1.82) is 0 Å². The molecule has 1 aliphatic rings. The molecular weight excluding hydrogens is 466 g/mol. The van der Waals surface area contributed by atoms with Crippen LogP contribution in [0.3, 0.4) is 0 Å². The molecule has 1 fully saturated rings. The second-order valence-corrected chi connectivity index (χ2v) is 7.98. The molecule has 0 radical (unpaired) electrons. The maximum atomic E-state index is 13.7. The highest BCUT2D eigenvalue weighted by atomic mass is 79.9. The van der Waals surface area contributed by atoms with Crippen LogP contribution in [0.2, 0.25) is 0 Å².